The minimum Gasteiger partial charge on any atom is -0.506 e. The van der Waals surface area contributed by atoms with Gasteiger partial charge in [-0.1, -0.05) is 12.1 Å². The number of carbonyl (C=O) groups is 1. The average molecular weight is 362 g/mol. The highest BCUT2D eigenvalue weighted by Crippen LogP contribution is 2.27. The van der Waals surface area contributed by atoms with Crippen LogP contribution in [0.1, 0.15) is 21.7 Å². The zero-order chi connectivity index (χ0) is 19.0. The molecule has 1 amide bonds. The summed E-state index contributed by atoms with van der Waals surface area (Å²) in [6, 6.07) is 12.8. The Bertz CT molecular complexity index is 1010. The van der Waals surface area contributed by atoms with Gasteiger partial charge in [-0.15, -0.1) is 0 Å². The molecule has 2 aromatic carbocycles. The maximum Gasteiger partial charge on any atom is 0.254 e. The highest BCUT2D eigenvalue weighted by molar-refractivity contribution is 5.97. The monoisotopic (exact) mass is 362 g/mol. The zero-order valence-electron chi connectivity index (χ0n) is 15.5. The number of phenolic OH excluding ortho intramolecular Hbond substituents is 1. The minimum atomic E-state index is 0.00821. The predicted octanol–water partition coefficient (Wildman–Crippen LogP) is 2.91. The van der Waals surface area contributed by atoms with Crippen LogP contribution in [-0.2, 0) is 0 Å². The second-order valence-corrected chi connectivity index (χ2v) is 6.87. The van der Waals surface area contributed by atoms with E-state index in [1.807, 2.05) is 55.1 Å². The number of hydrogen-bond donors (Lipinski definition) is 1. The number of para-hydroxylation sites is 2. The van der Waals surface area contributed by atoms with Crippen LogP contribution >= 0.6 is 0 Å². The lowest BCUT2D eigenvalue weighted by Crippen LogP contribution is -2.48. The van der Waals surface area contributed by atoms with E-state index in [1.165, 1.54) is 0 Å². The van der Waals surface area contributed by atoms with E-state index in [2.05, 4.69) is 14.9 Å². The summed E-state index contributed by atoms with van der Waals surface area (Å²) >= 11 is 0. The third kappa shape index (κ3) is 3.30. The number of rotatable bonds is 2. The highest BCUT2D eigenvalue weighted by Gasteiger charge is 2.23. The molecule has 0 saturated carbocycles. The van der Waals surface area contributed by atoms with E-state index in [0.29, 0.717) is 31.7 Å². The molecular weight excluding hydrogens is 340 g/mol. The number of nitrogens with zero attached hydrogens (tertiary/aromatic N) is 4. The smallest absolute Gasteiger partial charge is 0.254 e. The van der Waals surface area contributed by atoms with E-state index in [0.717, 1.165) is 28.1 Å². The quantitative estimate of drug-likeness (QED) is 0.759. The maximum atomic E-state index is 12.9. The van der Waals surface area contributed by atoms with Gasteiger partial charge in [0.05, 0.1) is 28.1 Å². The van der Waals surface area contributed by atoms with Gasteiger partial charge in [0.2, 0.25) is 0 Å². The van der Waals surface area contributed by atoms with E-state index in [1.54, 1.807) is 6.07 Å². The lowest BCUT2D eigenvalue weighted by atomic mass is 10.1. The molecule has 0 atom stereocenters. The Kier molecular flexibility index (Phi) is 4.39. The number of benzene rings is 2. The topological polar surface area (TPSA) is 69.6 Å². The van der Waals surface area contributed by atoms with E-state index in [4.69, 9.17) is 0 Å². The van der Waals surface area contributed by atoms with Crippen LogP contribution < -0.4 is 4.90 Å². The molecule has 27 heavy (non-hydrogen) atoms. The second kappa shape index (κ2) is 6.87. The third-order valence-corrected chi connectivity index (χ3v) is 5.11. The molecule has 4 rings (SSSR count). The molecule has 2 heterocycles. The Labute approximate surface area is 158 Å². The number of aromatic nitrogens is 2. The number of hydrogen-bond acceptors (Lipinski definition) is 5. The summed E-state index contributed by atoms with van der Waals surface area (Å²) in [5, 5.41) is 10.0. The molecule has 138 valence electrons. The van der Waals surface area contributed by atoms with Gasteiger partial charge in [0, 0.05) is 31.7 Å². The number of carbonyl (C=O) groups excluding carboxylic acids is 1. The van der Waals surface area contributed by atoms with Crippen LogP contribution in [0.4, 0.5) is 5.69 Å². The molecule has 6 nitrogen and oxygen atoms in total. The molecule has 6 heteroatoms. The van der Waals surface area contributed by atoms with Crippen molar-refractivity contribution in [3.8, 4) is 5.75 Å². The van der Waals surface area contributed by atoms with Crippen molar-refractivity contribution in [3.63, 3.8) is 0 Å². The van der Waals surface area contributed by atoms with Gasteiger partial charge < -0.3 is 14.9 Å². The molecule has 1 saturated heterocycles. The van der Waals surface area contributed by atoms with E-state index in [9.17, 15) is 9.90 Å². The maximum absolute atomic E-state index is 12.9. The highest BCUT2D eigenvalue weighted by atomic mass is 16.3. The number of amides is 1. The summed E-state index contributed by atoms with van der Waals surface area (Å²) in [6.07, 6.45) is 0. The first-order valence-electron chi connectivity index (χ1n) is 9.10. The van der Waals surface area contributed by atoms with E-state index in [-0.39, 0.29) is 11.7 Å². The number of anilines is 1. The average Bonchev–Trinajstić information content (AvgIpc) is 2.68. The summed E-state index contributed by atoms with van der Waals surface area (Å²) in [7, 11) is 0. The molecule has 0 spiro atoms. The molecule has 0 bridgehead atoms. The fourth-order valence-corrected chi connectivity index (χ4v) is 3.43. The molecule has 0 radical (unpaired) electrons. The van der Waals surface area contributed by atoms with Gasteiger partial charge in [-0.2, -0.15) is 0 Å². The van der Waals surface area contributed by atoms with Crippen molar-refractivity contribution in [3.05, 3.63) is 59.4 Å². The fraction of sp³-hybridized carbons (Fsp3) is 0.286. The van der Waals surface area contributed by atoms with Gasteiger partial charge in [-0.05, 0) is 44.2 Å². The van der Waals surface area contributed by atoms with Crippen LogP contribution in [-0.4, -0.2) is 52.1 Å². The Morgan fingerprint density at radius 2 is 1.59 bits per heavy atom. The first-order valence-corrected chi connectivity index (χ1v) is 9.10. The Balaban J connectivity index is 1.50. The Hall–Kier alpha value is -3.15. The normalized spacial score (nSPS) is 14.6. The summed E-state index contributed by atoms with van der Waals surface area (Å²) in [5.41, 5.74) is 4.79. The van der Waals surface area contributed by atoms with Gasteiger partial charge in [0.1, 0.15) is 5.75 Å². The molecule has 1 aliphatic rings. The first kappa shape index (κ1) is 17.3. The minimum absolute atomic E-state index is 0.00821. The Morgan fingerprint density at radius 1 is 0.926 bits per heavy atom. The lowest BCUT2D eigenvalue weighted by molar-refractivity contribution is 0.0747. The molecule has 0 aliphatic carbocycles. The number of phenols is 1. The lowest BCUT2D eigenvalue weighted by Gasteiger charge is -2.36. The Morgan fingerprint density at radius 3 is 2.30 bits per heavy atom. The molecule has 1 N–H and O–H groups in total. The van der Waals surface area contributed by atoms with Gasteiger partial charge in [-0.25, -0.2) is 9.97 Å². The summed E-state index contributed by atoms with van der Waals surface area (Å²) < 4.78 is 0. The van der Waals surface area contributed by atoms with Crippen LogP contribution in [0.5, 0.6) is 5.75 Å². The van der Waals surface area contributed by atoms with Crippen LogP contribution in [0.25, 0.3) is 11.0 Å². The van der Waals surface area contributed by atoms with Gasteiger partial charge >= 0.3 is 0 Å². The van der Waals surface area contributed by atoms with Crippen molar-refractivity contribution in [2.45, 2.75) is 13.8 Å². The number of aromatic hydroxyl groups is 1. The van der Waals surface area contributed by atoms with Crippen molar-refractivity contribution >= 4 is 22.6 Å². The number of fused-ring (bicyclic) bond motifs is 1. The fourth-order valence-electron chi connectivity index (χ4n) is 3.43. The van der Waals surface area contributed by atoms with Crippen molar-refractivity contribution in [2.75, 3.05) is 31.1 Å². The van der Waals surface area contributed by atoms with Crippen molar-refractivity contribution in [2.24, 2.45) is 0 Å². The van der Waals surface area contributed by atoms with Crippen molar-refractivity contribution in [1.29, 1.82) is 0 Å². The van der Waals surface area contributed by atoms with Crippen LogP contribution in [0.3, 0.4) is 0 Å². The zero-order valence-corrected chi connectivity index (χ0v) is 15.5. The van der Waals surface area contributed by atoms with E-state index >= 15 is 0 Å². The molecule has 0 unspecified atom stereocenters. The second-order valence-electron chi connectivity index (χ2n) is 6.87. The number of aryl methyl sites for hydroxylation is 2. The van der Waals surface area contributed by atoms with Gasteiger partial charge in [0.25, 0.3) is 5.91 Å². The van der Waals surface area contributed by atoms with E-state index < -0.39 is 0 Å². The standard InChI is InChI=1S/C21H22N4O2/c1-14-15(2)23-18-13-16(7-8-17(18)22-14)21(27)25-11-9-24(10-12-25)19-5-3-4-6-20(19)26/h3-8,13,26H,9-12H2,1-2H3. The van der Waals surface area contributed by atoms with Crippen LogP contribution in [0.2, 0.25) is 0 Å². The number of piperazine rings is 1. The first-order chi connectivity index (χ1) is 13.0. The van der Waals surface area contributed by atoms with Gasteiger partial charge in [-0.3, -0.25) is 4.79 Å². The van der Waals surface area contributed by atoms with Gasteiger partial charge in [0.15, 0.2) is 0 Å². The summed E-state index contributed by atoms with van der Waals surface area (Å²) in [4.78, 5) is 26.0. The third-order valence-electron chi connectivity index (χ3n) is 5.11. The largest absolute Gasteiger partial charge is 0.506 e. The summed E-state index contributed by atoms with van der Waals surface area (Å²) in [5.74, 6) is 0.282. The molecular formula is C21H22N4O2. The van der Waals surface area contributed by atoms with Crippen LogP contribution in [0.15, 0.2) is 42.5 Å². The van der Waals surface area contributed by atoms with Crippen molar-refractivity contribution in [1.82, 2.24) is 14.9 Å². The van der Waals surface area contributed by atoms with Crippen molar-refractivity contribution < 1.29 is 9.90 Å². The molecule has 3 aromatic rings. The van der Waals surface area contributed by atoms with Crippen LogP contribution in [0, 0.1) is 13.8 Å². The molecule has 1 aliphatic heterocycles. The predicted molar refractivity (Wildman–Crippen MR) is 105 cm³/mol. The SMILES string of the molecule is Cc1nc2ccc(C(=O)N3CCN(c4ccccc4O)CC3)cc2nc1C. The summed E-state index contributed by atoms with van der Waals surface area (Å²) in [6.45, 7) is 6.47. The molecule has 1 aromatic heterocycles. The molecule has 1 fully saturated rings.